The molecule has 1 fully saturated rings. The second-order valence-electron chi connectivity index (χ2n) is 3.38. The Labute approximate surface area is 84.5 Å². The summed E-state index contributed by atoms with van der Waals surface area (Å²) in [5.74, 6) is -0.0906. The number of β-amino-alcohol motifs (C(OH)–C–C–N with tert-alkyl or cyclic N) is 1. The third-order valence-electron chi connectivity index (χ3n) is 2.39. The Hall–Kier alpha value is -0.430. The number of rotatable bonds is 4. The normalized spacial score (nSPS) is 28.2. The number of nitrogens with one attached hydrogen (secondary N) is 1. The Balaban J connectivity index is 2.73. The molecule has 0 aliphatic carbocycles. The summed E-state index contributed by atoms with van der Waals surface area (Å²) in [7, 11) is -1.83. The average molecular weight is 220 g/mol. The lowest BCUT2D eigenvalue weighted by molar-refractivity contribution is 0.136. The van der Waals surface area contributed by atoms with E-state index < -0.39 is 16.1 Å². The van der Waals surface area contributed by atoms with Gasteiger partial charge in [-0.05, 0) is 0 Å². The maximum atomic E-state index is 11.6. The lowest BCUT2D eigenvalue weighted by Crippen LogP contribution is -2.44. The summed E-state index contributed by atoms with van der Waals surface area (Å²) >= 11 is 0. The molecular weight excluding hydrogens is 204 g/mol. The first kappa shape index (κ1) is 11.6. The van der Waals surface area contributed by atoms with Gasteiger partial charge in [0.1, 0.15) is 0 Å². The number of sulfonamides is 1. The molecule has 5 nitrogen and oxygen atoms in total. The lowest BCUT2D eigenvalue weighted by Gasteiger charge is -2.24. The van der Waals surface area contributed by atoms with E-state index in [0.29, 0.717) is 13.1 Å². The van der Waals surface area contributed by atoms with E-state index in [1.54, 1.807) is 0 Å². The standard InChI is InChI=1S/C8H16N2O3S/c1-3-4-14(12,13)10(2)7-5-9-6-8(7)11/h3,7-9,11H,1,4-6H2,2H3/t7-,8-/m0/s1. The molecule has 0 aromatic rings. The van der Waals surface area contributed by atoms with Gasteiger partial charge in [0.2, 0.25) is 10.0 Å². The fraction of sp³-hybridized carbons (Fsp3) is 0.750. The van der Waals surface area contributed by atoms with Crippen LogP contribution in [0, 0.1) is 0 Å². The Morgan fingerprint density at radius 1 is 1.64 bits per heavy atom. The quantitative estimate of drug-likeness (QED) is 0.582. The third kappa shape index (κ3) is 2.33. The van der Waals surface area contributed by atoms with Crippen molar-refractivity contribution in [3.8, 4) is 0 Å². The first-order chi connectivity index (χ1) is 6.49. The second kappa shape index (κ2) is 4.39. The number of aliphatic hydroxyl groups excluding tert-OH is 1. The molecule has 1 saturated heterocycles. The van der Waals surface area contributed by atoms with E-state index in [-0.39, 0.29) is 11.8 Å². The molecule has 0 aromatic heterocycles. The average Bonchev–Trinajstić information content (AvgIpc) is 2.50. The van der Waals surface area contributed by atoms with E-state index >= 15 is 0 Å². The highest BCUT2D eigenvalue weighted by atomic mass is 32.2. The fourth-order valence-corrected chi connectivity index (χ4v) is 2.66. The molecule has 0 radical (unpaired) electrons. The van der Waals surface area contributed by atoms with E-state index in [9.17, 15) is 13.5 Å². The number of likely N-dealkylation sites (N-methyl/N-ethyl adjacent to an activating group) is 1. The Morgan fingerprint density at radius 2 is 2.29 bits per heavy atom. The van der Waals surface area contributed by atoms with Gasteiger partial charge >= 0.3 is 0 Å². The number of hydrogen-bond donors (Lipinski definition) is 2. The summed E-state index contributed by atoms with van der Waals surface area (Å²) in [6.45, 7) is 4.33. The van der Waals surface area contributed by atoms with Crippen molar-refractivity contribution in [2.24, 2.45) is 0 Å². The second-order valence-corrected chi connectivity index (χ2v) is 5.45. The number of nitrogens with zero attached hydrogens (tertiary/aromatic N) is 1. The van der Waals surface area contributed by atoms with Gasteiger partial charge in [0.15, 0.2) is 0 Å². The molecule has 0 unspecified atom stereocenters. The topological polar surface area (TPSA) is 69.6 Å². The van der Waals surface area contributed by atoms with Gasteiger partial charge in [-0.25, -0.2) is 8.42 Å². The molecule has 0 aromatic carbocycles. The molecule has 0 spiro atoms. The summed E-state index contributed by atoms with van der Waals surface area (Å²) < 4.78 is 24.4. The van der Waals surface area contributed by atoms with Gasteiger partial charge in [0.05, 0.1) is 17.9 Å². The molecule has 82 valence electrons. The van der Waals surface area contributed by atoms with Crippen LogP contribution >= 0.6 is 0 Å². The molecule has 0 bridgehead atoms. The zero-order valence-corrected chi connectivity index (χ0v) is 9.00. The zero-order chi connectivity index (χ0) is 10.8. The van der Waals surface area contributed by atoms with Crippen molar-refractivity contribution in [2.75, 3.05) is 25.9 Å². The largest absolute Gasteiger partial charge is 0.390 e. The van der Waals surface area contributed by atoms with Gasteiger partial charge in [0, 0.05) is 20.1 Å². The lowest BCUT2D eigenvalue weighted by atomic mass is 10.2. The molecular formula is C8H16N2O3S. The van der Waals surface area contributed by atoms with Crippen LogP contribution in [-0.4, -0.2) is 55.9 Å². The molecule has 2 N–H and O–H groups in total. The van der Waals surface area contributed by atoms with Crippen LogP contribution in [0.3, 0.4) is 0 Å². The van der Waals surface area contributed by atoms with E-state index in [2.05, 4.69) is 11.9 Å². The van der Waals surface area contributed by atoms with Gasteiger partial charge in [0.25, 0.3) is 0 Å². The van der Waals surface area contributed by atoms with E-state index in [1.807, 2.05) is 0 Å². The minimum Gasteiger partial charge on any atom is -0.390 e. The molecule has 0 amide bonds. The van der Waals surface area contributed by atoms with Crippen LogP contribution in [0.15, 0.2) is 12.7 Å². The molecule has 14 heavy (non-hydrogen) atoms. The highest BCUT2D eigenvalue weighted by molar-refractivity contribution is 7.89. The third-order valence-corrected chi connectivity index (χ3v) is 4.19. The van der Waals surface area contributed by atoms with Gasteiger partial charge in [-0.15, -0.1) is 6.58 Å². The zero-order valence-electron chi connectivity index (χ0n) is 8.18. The molecule has 0 saturated carbocycles. The summed E-state index contributed by atoms with van der Waals surface area (Å²) in [6.07, 6.45) is 0.722. The van der Waals surface area contributed by atoms with Crippen molar-refractivity contribution < 1.29 is 13.5 Å². The number of aliphatic hydroxyl groups is 1. The van der Waals surface area contributed by atoms with E-state index in [4.69, 9.17) is 0 Å². The van der Waals surface area contributed by atoms with Crippen LogP contribution in [0.4, 0.5) is 0 Å². The van der Waals surface area contributed by atoms with E-state index in [0.717, 1.165) is 0 Å². The van der Waals surface area contributed by atoms with E-state index in [1.165, 1.54) is 17.4 Å². The maximum Gasteiger partial charge on any atom is 0.217 e. The van der Waals surface area contributed by atoms with Crippen molar-refractivity contribution in [3.05, 3.63) is 12.7 Å². The van der Waals surface area contributed by atoms with Crippen LogP contribution in [0.25, 0.3) is 0 Å². The van der Waals surface area contributed by atoms with Crippen LogP contribution in [0.5, 0.6) is 0 Å². The summed E-state index contributed by atoms with van der Waals surface area (Å²) in [5, 5.41) is 12.4. The fourth-order valence-electron chi connectivity index (χ4n) is 1.49. The highest BCUT2D eigenvalue weighted by Crippen LogP contribution is 2.12. The molecule has 1 aliphatic heterocycles. The van der Waals surface area contributed by atoms with Crippen molar-refractivity contribution in [1.29, 1.82) is 0 Å². The number of hydrogen-bond acceptors (Lipinski definition) is 4. The first-order valence-corrected chi connectivity index (χ1v) is 6.05. The van der Waals surface area contributed by atoms with Crippen molar-refractivity contribution in [3.63, 3.8) is 0 Å². The Bertz CT molecular complexity index is 302. The summed E-state index contributed by atoms with van der Waals surface area (Å²) in [6, 6.07) is -0.361. The smallest absolute Gasteiger partial charge is 0.217 e. The monoisotopic (exact) mass is 220 g/mol. The molecule has 1 aliphatic rings. The maximum absolute atomic E-state index is 11.6. The Kier molecular flexibility index (Phi) is 3.65. The van der Waals surface area contributed by atoms with Crippen LogP contribution in [0.2, 0.25) is 0 Å². The minimum atomic E-state index is -3.31. The molecule has 1 heterocycles. The molecule has 6 heteroatoms. The van der Waals surface area contributed by atoms with Crippen LogP contribution in [-0.2, 0) is 10.0 Å². The van der Waals surface area contributed by atoms with Gasteiger partial charge in [-0.1, -0.05) is 6.08 Å². The van der Waals surface area contributed by atoms with Crippen LogP contribution in [0.1, 0.15) is 0 Å². The van der Waals surface area contributed by atoms with Gasteiger partial charge in [-0.3, -0.25) is 0 Å². The predicted molar refractivity (Wildman–Crippen MR) is 54.4 cm³/mol. The first-order valence-electron chi connectivity index (χ1n) is 4.44. The van der Waals surface area contributed by atoms with Crippen molar-refractivity contribution in [2.45, 2.75) is 12.1 Å². The van der Waals surface area contributed by atoms with Crippen molar-refractivity contribution >= 4 is 10.0 Å². The SMILES string of the molecule is C=CCS(=O)(=O)N(C)[C@H]1CNC[C@@H]1O. The van der Waals surface area contributed by atoms with Crippen LogP contribution < -0.4 is 5.32 Å². The van der Waals surface area contributed by atoms with Gasteiger partial charge in [-0.2, -0.15) is 4.31 Å². The summed E-state index contributed by atoms with van der Waals surface area (Å²) in [4.78, 5) is 0. The van der Waals surface area contributed by atoms with Gasteiger partial charge < -0.3 is 10.4 Å². The summed E-state index contributed by atoms with van der Waals surface area (Å²) in [5.41, 5.74) is 0. The molecule has 2 atom stereocenters. The highest BCUT2D eigenvalue weighted by Gasteiger charge is 2.34. The Morgan fingerprint density at radius 3 is 2.71 bits per heavy atom. The predicted octanol–water partition coefficient (Wildman–Crippen LogP) is -1.23. The minimum absolute atomic E-state index is 0.0906. The van der Waals surface area contributed by atoms with Crippen molar-refractivity contribution in [1.82, 2.24) is 9.62 Å². The molecule has 1 rings (SSSR count).